The molecule has 0 aromatic carbocycles. The van der Waals surface area contributed by atoms with Crippen LogP contribution in [0.1, 0.15) is 29.4 Å². The van der Waals surface area contributed by atoms with Gasteiger partial charge in [0.15, 0.2) is 0 Å². The van der Waals surface area contributed by atoms with Crippen molar-refractivity contribution in [2.24, 2.45) is 0 Å². The molecule has 18 heavy (non-hydrogen) atoms. The number of hydrogen-bond acceptors (Lipinski definition) is 3. The Hall–Kier alpha value is -2.31. The second-order valence-electron chi connectivity index (χ2n) is 3.79. The smallest absolute Gasteiger partial charge is 0.339 e. The first-order valence-corrected chi connectivity index (χ1v) is 5.37. The number of aromatic amines is 1. The maximum absolute atomic E-state index is 11.5. The molecule has 2 amide bonds. The van der Waals surface area contributed by atoms with Crippen LogP contribution in [-0.4, -0.2) is 34.4 Å². The molecule has 0 aliphatic heterocycles. The number of aromatic carboxylic acids is 1. The molecule has 0 aliphatic carbocycles. The van der Waals surface area contributed by atoms with E-state index in [0.29, 0.717) is 5.69 Å². The van der Waals surface area contributed by atoms with Gasteiger partial charge in [-0.25, -0.2) is 4.79 Å². The predicted molar refractivity (Wildman–Crippen MR) is 64.4 cm³/mol. The normalized spacial score (nSPS) is 9.89. The van der Waals surface area contributed by atoms with Crippen molar-refractivity contribution < 1.29 is 19.5 Å². The molecule has 1 aromatic rings. The number of anilines is 1. The third kappa shape index (κ3) is 3.62. The average Bonchev–Trinajstić information content (AvgIpc) is 2.58. The summed E-state index contributed by atoms with van der Waals surface area (Å²) in [7, 11) is 0. The van der Waals surface area contributed by atoms with Crippen molar-refractivity contribution >= 4 is 23.5 Å². The summed E-state index contributed by atoms with van der Waals surface area (Å²) in [6, 6.07) is 0. The fraction of sp³-hybridized carbons (Fsp3) is 0.364. The monoisotopic (exact) mass is 253 g/mol. The fourth-order valence-electron chi connectivity index (χ4n) is 1.47. The van der Waals surface area contributed by atoms with Gasteiger partial charge in [0.25, 0.3) is 0 Å². The maximum atomic E-state index is 11.5. The number of aryl methyl sites for hydroxylation is 1. The Morgan fingerprint density at radius 3 is 2.61 bits per heavy atom. The number of aromatic nitrogens is 1. The summed E-state index contributed by atoms with van der Waals surface area (Å²) in [4.78, 5) is 35.8. The molecule has 1 aromatic heterocycles. The van der Waals surface area contributed by atoms with Gasteiger partial charge in [0, 0.05) is 31.8 Å². The largest absolute Gasteiger partial charge is 0.478 e. The van der Waals surface area contributed by atoms with Gasteiger partial charge in [-0.05, 0) is 6.92 Å². The highest BCUT2D eigenvalue weighted by Gasteiger charge is 2.16. The first kappa shape index (κ1) is 13.8. The number of nitrogens with one attached hydrogen (secondary N) is 3. The summed E-state index contributed by atoms with van der Waals surface area (Å²) >= 11 is 0. The minimum atomic E-state index is -1.11. The first-order valence-electron chi connectivity index (χ1n) is 5.37. The van der Waals surface area contributed by atoms with E-state index in [1.807, 2.05) is 0 Å². The second-order valence-corrected chi connectivity index (χ2v) is 3.79. The molecule has 0 saturated heterocycles. The van der Waals surface area contributed by atoms with E-state index in [2.05, 4.69) is 15.6 Å². The van der Waals surface area contributed by atoms with Gasteiger partial charge in [-0.2, -0.15) is 0 Å². The van der Waals surface area contributed by atoms with Crippen molar-refractivity contribution in [1.29, 1.82) is 0 Å². The zero-order valence-corrected chi connectivity index (χ0v) is 10.2. The van der Waals surface area contributed by atoms with Crippen molar-refractivity contribution in [3.63, 3.8) is 0 Å². The van der Waals surface area contributed by atoms with E-state index in [9.17, 15) is 14.4 Å². The second kappa shape index (κ2) is 5.85. The highest BCUT2D eigenvalue weighted by Crippen LogP contribution is 2.18. The van der Waals surface area contributed by atoms with Crippen LogP contribution in [0.2, 0.25) is 0 Å². The lowest BCUT2D eigenvalue weighted by molar-refractivity contribution is -0.119. The molecule has 0 atom stereocenters. The molecule has 0 radical (unpaired) electrons. The van der Waals surface area contributed by atoms with Crippen LogP contribution in [0.5, 0.6) is 0 Å². The lowest BCUT2D eigenvalue weighted by Gasteiger charge is -2.05. The van der Waals surface area contributed by atoms with Gasteiger partial charge in [0.2, 0.25) is 11.8 Å². The number of hydrogen-bond donors (Lipinski definition) is 4. The van der Waals surface area contributed by atoms with Crippen LogP contribution in [-0.2, 0) is 9.59 Å². The zero-order chi connectivity index (χ0) is 13.7. The van der Waals surface area contributed by atoms with Crippen LogP contribution in [0.15, 0.2) is 6.20 Å². The lowest BCUT2D eigenvalue weighted by Crippen LogP contribution is -2.25. The van der Waals surface area contributed by atoms with E-state index in [1.54, 1.807) is 6.92 Å². The summed E-state index contributed by atoms with van der Waals surface area (Å²) in [5.74, 6) is -1.68. The lowest BCUT2D eigenvalue weighted by atomic mass is 10.2. The highest BCUT2D eigenvalue weighted by molar-refractivity contribution is 6.01. The van der Waals surface area contributed by atoms with E-state index >= 15 is 0 Å². The minimum Gasteiger partial charge on any atom is -0.478 e. The number of carbonyl (C=O) groups is 3. The van der Waals surface area contributed by atoms with Crippen LogP contribution in [0.3, 0.4) is 0 Å². The number of carbonyl (C=O) groups excluding carboxylic acids is 2. The van der Waals surface area contributed by atoms with E-state index in [1.165, 1.54) is 13.1 Å². The predicted octanol–water partition coefficient (Wildman–Crippen LogP) is 0.486. The molecule has 0 spiro atoms. The van der Waals surface area contributed by atoms with Gasteiger partial charge in [-0.1, -0.05) is 0 Å². The molecule has 7 nitrogen and oxygen atoms in total. The maximum Gasteiger partial charge on any atom is 0.339 e. The van der Waals surface area contributed by atoms with E-state index in [4.69, 9.17) is 5.11 Å². The average molecular weight is 253 g/mol. The van der Waals surface area contributed by atoms with Gasteiger partial charge >= 0.3 is 5.97 Å². The molecular weight excluding hydrogens is 238 g/mol. The Balaban J connectivity index is 2.59. The van der Waals surface area contributed by atoms with Gasteiger partial charge in [0.05, 0.1) is 5.69 Å². The summed E-state index contributed by atoms with van der Waals surface area (Å²) in [5.41, 5.74) is 0.746. The Morgan fingerprint density at radius 1 is 1.39 bits per heavy atom. The van der Waals surface area contributed by atoms with E-state index in [-0.39, 0.29) is 36.0 Å². The molecule has 1 heterocycles. The van der Waals surface area contributed by atoms with Crippen LogP contribution in [0.4, 0.5) is 5.69 Å². The quantitative estimate of drug-likeness (QED) is 0.611. The van der Waals surface area contributed by atoms with E-state index in [0.717, 1.165) is 0 Å². The number of rotatable bonds is 5. The molecule has 98 valence electrons. The Labute approximate surface area is 104 Å². The Kier molecular flexibility index (Phi) is 4.47. The molecule has 0 aliphatic rings. The summed E-state index contributed by atoms with van der Waals surface area (Å²) < 4.78 is 0. The van der Waals surface area contributed by atoms with Gasteiger partial charge < -0.3 is 20.7 Å². The topological polar surface area (TPSA) is 111 Å². The molecular formula is C11H15N3O4. The Bertz CT molecular complexity index is 479. The fourth-order valence-corrected chi connectivity index (χ4v) is 1.47. The molecule has 0 bridgehead atoms. The van der Waals surface area contributed by atoms with E-state index < -0.39 is 5.97 Å². The van der Waals surface area contributed by atoms with Gasteiger partial charge in [-0.3, -0.25) is 9.59 Å². The van der Waals surface area contributed by atoms with Crippen molar-refractivity contribution in [1.82, 2.24) is 10.3 Å². The van der Waals surface area contributed by atoms with Crippen molar-refractivity contribution in [3.05, 3.63) is 17.5 Å². The van der Waals surface area contributed by atoms with Crippen molar-refractivity contribution in [2.75, 3.05) is 11.9 Å². The SMILES string of the molecule is CC(=O)NCCC(=O)Nc1c[nH]c(C)c1C(=O)O. The number of H-pyrrole nitrogens is 1. The number of carboxylic acids is 1. The highest BCUT2D eigenvalue weighted by atomic mass is 16.4. The van der Waals surface area contributed by atoms with Crippen LogP contribution < -0.4 is 10.6 Å². The number of amides is 2. The molecule has 1 rings (SSSR count). The first-order chi connectivity index (χ1) is 8.41. The molecule has 0 unspecified atom stereocenters. The Morgan fingerprint density at radius 2 is 2.06 bits per heavy atom. The standard InChI is InChI=1S/C11H15N3O4/c1-6-10(11(17)18)8(5-13-6)14-9(16)3-4-12-7(2)15/h5,13H,3-4H2,1-2H3,(H,12,15)(H,14,16)(H,17,18). The number of carboxylic acid groups (broad SMARTS) is 1. The van der Waals surface area contributed by atoms with Crippen LogP contribution >= 0.6 is 0 Å². The van der Waals surface area contributed by atoms with Crippen LogP contribution in [0, 0.1) is 6.92 Å². The summed E-state index contributed by atoms with van der Waals surface area (Å²) in [6.07, 6.45) is 1.51. The van der Waals surface area contributed by atoms with Crippen LogP contribution in [0.25, 0.3) is 0 Å². The van der Waals surface area contributed by atoms with Crippen molar-refractivity contribution in [3.8, 4) is 0 Å². The molecule has 7 heteroatoms. The zero-order valence-electron chi connectivity index (χ0n) is 10.2. The minimum absolute atomic E-state index is 0.0443. The third-order valence-electron chi connectivity index (χ3n) is 2.29. The van der Waals surface area contributed by atoms with Crippen molar-refractivity contribution in [2.45, 2.75) is 20.3 Å². The summed E-state index contributed by atoms with van der Waals surface area (Å²) in [5, 5.41) is 13.9. The summed E-state index contributed by atoms with van der Waals surface area (Å²) in [6.45, 7) is 3.18. The molecule has 0 fully saturated rings. The van der Waals surface area contributed by atoms with Gasteiger partial charge in [0.1, 0.15) is 5.56 Å². The molecule has 0 saturated carbocycles. The van der Waals surface area contributed by atoms with Gasteiger partial charge in [-0.15, -0.1) is 0 Å². The molecule has 4 N–H and O–H groups in total. The third-order valence-corrected chi connectivity index (χ3v) is 2.29.